The van der Waals surface area contributed by atoms with Crippen molar-refractivity contribution in [1.29, 1.82) is 0 Å². The van der Waals surface area contributed by atoms with Crippen LogP contribution in [-0.4, -0.2) is 0 Å². The van der Waals surface area contributed by atoms with Gasteiger partial charge in [-0.15, -0.1) is 11.3 Å². The van der Waals surface area contributed by atoms with Crippen LogP contribution in [0.2, 0.25) is 0 Å². The Kier molecular flexibility index (Phi) is 2.72. The number of rotatable bonds is 2. The van der Waals surface area contributed by atoms with Gasteiger partial charge in [0.1, 0.15) is 0 Å². The average Bonchev–Trinajstić information content (AvgIpc) is 2.38. The largest absolute Gasteiger partial charge is 0.156 e. The second kappa shape index (κ2) is 3.20. The van der Waals surface area contributed by atoms with Crippen LogP contribution in [0.5, 0.6) is 0 Å². The van der Waals surface area contributed by atoms with E-state index in [1.807, 2.05) is 11.4 Å². The summed E-state index contributed by atoms with van der Waals surface area (Å²) in [5.74, 6) is 0. The third-order valence-electron chi connectivity index (χ3n) is 1.41. The summed E-state index contributed by atoms with van der Waals surface area (Å²) in [6.45, 7) is 2.08. The van der Waals surface area contributed by atoms with Crippen LogP contribution in [0.15, 0.2) is 17.5 Å². The van der Waals surface area contributed by atoms with Gasteiger partial charge >= 0.3 is 0 Å². The van der Waals surface area contributed by atoms with Crippen LogP contribution in [0.25, 0.3) is 0 Å². The zero-order valence-electron chi connectivity index (χ0n) is 5.74. The molecule has 0 bridgehead atoms. The highest BCUT2D eigenvalue weighted by molar-refractivity contribution is 8.00. The van der Waals surface area contributed by atoms with Crippen molar-refractivity contribution >= 4 is 36.6 Å². The number of hydrogen-bond acceptors (Lipinski definition) is 3. The fourth-order valence-corrected chi connectivity index (χ4v) is 1.94. The lowest BCUT2D eigenvalue weighted by Crippen LogP contribution is -2.05. The molecule has 0 fully saturated rings. The van der Waals surface area contributed by atoms with Crippen LogP contribution in [0, 0.1) is 0 Å². The van der Waals surface area contributed by atoms with Gasteiger partial charge in [-0.05, 0) is 17.9 Å². The van der Waals surface area contributed by atoms with E-state index in [0.717, 1.165) is 6.42 Å². The van der Waals surface area contributed by atoms with Gasteiger partial charge in [0.05, 0.1) is 4.08 Å². The summed E-state index contributed by atoms with van der Waals surface area (Å²) in [7, 11) is 0. The minimum Gasteiger partial charge on any atom is -0.156 e. The van der Waals surface area contributed by atoms with Gasteiger partial charge in [-0.2, -0.15) is 25.3 Å². The number of thiol groups is 2. The van der Waals surface area contributed by atoms with Crippen molar-refractivity contribution in [1.82, 2.24) is 0 Å². The minimum atomic E-state index is -0.228. The first-order valence-electron chi connectivity index (χ1n) is 3.15. The predicted molar refractivity (Wildman–Crippen MR) is 54.3 cm³/mol. The summed E-state index contributed by atoms with van der Waals surface area (Å²) in [5, 5.41) is 2.05. The van der Waals surface area contributed by atoms with Crippen molar-refractivity contribution < 1.29 is 0 Å². The summed E-state index contributed by atoms with van der Waals surface area (Å²) in [5.41, 5.74) is 0. The Morgan fingerprint density at radius 1 is 1.60 bits per heavy atom. The molecule has 0 radical (unpaired) electrons. The molecular formula is C7H10S3. The molecule has 0 nitrogen and oxygen atoms in total. The maximum atomic E-state index is 4.42. The molecule has 0 N–H and O–H groups in total. The Morgan fingerprint density at radius 3 is 2.70 bits per heavy atom. The van der Waals surface area contributed by atoms with Crippen LogP contribution in [0.3, 0.4) is 0 Å². The zero-order valence-corrected chi connectivity index (χ0v) is 8.35. The van der Waals surface area contributed by atoms with Gasteiger partial charge in [0, 0.05) is 4.88 Å². The van der Waals surface area contributed by atoms with Gasteiger partial charge in [0.15, 0.2) is 0 Å². The molecule has 1 rings (SSSR count). The second-order valence-corrected chi connectivity index (χ2v) is 4.97. The maximum absolute atomic E-state index is 4.42. The van der Waals surface area contributed by atoms with Gasteiger partial charge in [-0.3, -0.25) is 0 Å². The molecule has 0 saturated heterocycles. The van der Waals surface area contributed by atoms with Gasteiger partial charge in [0.25, 0.3) is 0 Å². The normalized spacial score (nSPS) is 11.9. The molecule has 10 heavy (non-hydrogen) atoms. The molecule has 0 unspecified atom stereocenters. The SMILES string of the molecule is CCC(S)(S)c1cccs1. The topological polar surface area (TPSA) is 0 Å². The van der Waals surface area contributed by atoms with Crippen molar-refractivity contribution in [2.75, 3.05) is 0 Å². The van der Waals surface area contributed by atoms with E-state index in [1.165, 1.54) is 4.88 Å². The van der Waals surface area contributed by atoms with Crippen LogP contribution < -0.4 is 0 Å². The van der Waals surface area contributed by atoms with Crippen LogP contribution in [0.4, 0.5) is 0 Å². The van der Waals surface area contributed by atoms with E-state index in [1.54, 1.807) is 11.3 Å². The Bertz CT molecular complexity index is 189. The molecule has 0 spiro atoms. The Morgan fingerprint density at radius 2 is 2.30 bits per heavy atom. The molecule has 0 atom stereocenters. The van der Waals surface area contributed by atoms with Crippen molar-refractivity contribution in [3.05, 3.63) is 22.4 Å². The number of hydrogen-bond donors (Lipinski definition) is 2. The fourth-order valence-electron chi connectivity index (χ4n) is 0.681. The lowest BCUT2D eigenvalue weighted by Gasteiger charge is -2.17. The molecule has 0 saturated carbocycles. The van der Waals surface area contributed by atoms with Gasteiger partial charge < -0.3 is 0 Å². The van der Waals surface area contributed by atoms with Gasteiger partial charge in [-0.1, -0.05) is 13.0 Å². The third-order valence-corrected chi connectivity index (χ3v) is 3.86. The fraction of sp³-hybridized carbons (Fsp3) is 0.429. The Balaban J connectivity index is 2.85. The van der Waals surface area contributed by atoms with Gasteiger partial charge in [-0.25, -0.2) is 0 Å². The lowest BCUT2D eigenvalue weighted by molar-refractivity contribution is 0.863. The van der Waals surface area contributed by atoms with E-state index in [4.69, 9.17) is 0 Å². The lowest BCUT2D eigenvalue weighted by atomic mass is 10.3. The first-order chi connectivity index (χ1) is 4.67. The molecule has 56 valence electrons. The summed E-state index contributed by atoms with van der Waals surface area (Å²) in [6.07, 6.45) is 0.944. The molecule has 1 aromatic rings. The Labute approximate surface area is 76.5 Å². The first kappa shape index (κ1) is 8.50. The molecule has 0 amide bonds. The summed E-state index contributed by atoms with van der Waals surface area (Å²) in [6, 6.07) is 4.09. The highest BCUT2D eigenvalue weighted by Crippen LogP contribution is 2.38. The molecule has 3 heteroatoms. The highest BCUT2D eigenvalue weighted by atomic mass is 32.2. The smallest absolute Gasteiger partial charge is 0.0892 e. The molecule has 0 aliphatic heterocycles. The molecule has 1 heterocycles. The van der Waals surface area contributed by atoms with E-state index < -0.39 is 0 Å². The van der Waals surface area contributed by atoms with Crippen LogP contribution in [0.1, 0.15) is 18.2 Å². The quantitative estimate of drug-likeness (QED) is 0.519. The molecule has 1 aromatic heterocycles. The zero-order chi connectivity index (χ0) is 7.61. The van der Waals surface area contributed by atoms with E-state index in [9.17, 15) is 0 Å². The van der Waals surface area contributed by atoms with Gasteiger partial charge in [0.2, 0.25) is 0 Å². The van der Waals surface area contributed by atoms with Crippen LogP contribution >= 0.6 is 36.6 Å². The summed E-state index contributed by atoms with van der Waals surface area (Å²) >= 11 is 10.5. The van der Waals surface area contributed by atoms with E-state index in [-0.39, 0.29) is 4.08 Å². The first-order valence-corrected chi connectivity index (χ1v) is 4.93. The highest BCUT2D eigenvalue weighted by Gasteiger charge is 2.20. The van der Waals surface area contributed by atoms with E-state index in [0.29, 0.717) is 0 Å². The standard InChI is InChI=1S/C7H10S3/c1-2-7(8,9)6-4-3-5-10-6/h3-5,8-9H,2H2,1H3. The maximum Gasteiger partial charge on any atom is 0.0892 e. The Hall–Kier alpha value is 0.400. The summed E-state index contributed by atoms with van der Waals surface area (Å²) < 4.78 is -0.228. The van der Waals surface area contributed by atoms with Crippen molar-refractivity contribution in [3.63, 3.8) is 0 Å². The van der Waals surface area contributed by atoms with Crippen molar-refractivity contribution in [2.24, 2.45) is 0 Å². The third kappa shape index (κ3) is 1.71. The molecule has 0 aromatic carbocycles. The van der Waals surface area contributed by atoms with E-state index >= 15 is 0 Å². The van der Waals surface area contributed by atoms with E-state index in [2.05, 4.69) is 38.2 Å². The second-order valence-electron chi connectivity index (χ2n) is 2.15. The molecular weight excluding hydrogens is 180 g/mol. The van der Waals surface area contributed by atoms with Crippen molar-refractivity contribution in [3.8, 4) is 0 Å². The van der Waals surface area contributed by atoms with Crippen molar-refractivity contribution in [2.45, 2.75) is 17.4 Å². The predicted octanol–water partition coefficient (Wildman–Crippen LogP) is 3.17. The minimum absolute atomic E-state index is 0.228. The average molecular weight is 190 g/mol. The summed E-state index contributed by atoms with van der Waals surface area (Å²) in [4.78, 5) is 1.22. The number of thiophene rings is 1. The molecule has 0 aliphatic carbocycles. The monoisotopic (exact) mass is 190 g/mol. The molecule has 0 aliphatic rings. The van der Waals surface area contributed by atoms with Crippen LogP contribution in [-0.2, 0) is 4.08 Å².